The molecule has 6 atom stereocenters. The van der Waals surface area contributed by atoms with Crippen molar-refractivity contribution in [2.45, 2.75) is 57.5 Å². The van der Waals surface area contributed by atoms with E-state index in [0.717, 1.165) is 24.7 Å². The zero-order chi connectivity index (χ0) is 14.4. The van der Waals surface area contributed by atoms with E-state index >= 15 is 0 Å². The quantitative estimate of drug-likeness (QED) is 0.764. The third-order valence-corrected chi connectivity index (χ3v) is 7.83. The third-order valence-electron chi connectivity index (χ3n) is 7.83. The molecular formula is C19H24O2. The Kier molecular flexibility index (Phi) is 2.18. The number of benzene rings is 1. The van der Waals surface area contributed by atoms with Gasteiger partial charge in [-0.1, -0.05) is 13.0 Å². The first-order valence-electron chi connectivity index (χ1n) is 8.56. The normalized spacial score (nSPS) is 49.8. The summed E-state index contributed by atoms with van der Waals surface area (Å²) in [6, 6.07) is 6.01. The Labute approximate surface area is 126 Å². The van der Waals surface area contributed by atoms with Crippen LogP contribution in [0.3, 0.4) is 0 Å². The van der Waals surface area contributed by atoms with Gasteiger partial charge in [-0.25, -0.2) is 0 Å². The molecule has 2 nitrogen and oxygen atoms in total. The van der Waals surface area contributed by atoms with E-state index in [-0.39, 0.29) is 11.5 Å². The maximum Gasteiger partial charge on any atom is 0.115 e. The van der Waals surface area contributed by atoms with Gasteiger partial charge in [0.15, 0.2) is 0 Å². The summed E-state index contributed by atoms with van der Waals surface area (Å²) < 4.78 is 0. The summed E-state index contributed by atoms with van der Waals surface area (Å²) in [4.78, 5) is 0. The van der Waals surface area contributed by atoms with Crippen molar-refractivity contribution in [2.75, 3.05) is 0 Å². The molecule has 3 fully saturated rings. The van der Waals surface area contributed by atoms with Crippen molar-refractivity contribution in [3.05, 3.63) is 29.3 Å². The zero-order valence-corrected chi connectivity index (χ0v) is 12.7. The maximum absolute atomic E-state index is 10.6. The lowest BCUT2D eigenvalue weighted by Crippen LogP contribution is -2.47. The fourth-order valence-corrected chi connectivity index (χ4v) is 6.79. The van der Waals surface area contributed by atoms with E-state index in [1.165, 1.54) is 36.8 Å². The molecule has 0 aliphatic heterocycles. The van der Waals surface area contributed by atoms with Gasteiger partial charge in [0.1, 0.15) is 5.75 Å². The number of hydrogen-bond donors (Lipinski definition) is 2. The molecule has 5 rings (SSSR count). The minimum Gasteiger partial charge on any atom is -0.508 e. The average molecular weight is 284 g/mol. The van der Waals surface area contributed by atoms with E-state index in [0.29, 0.717) is 17.1 Å². The van der Waals surface area contributed by atoms with Crippen LogP contribution in [0.25, 0.3) is 0 Å². The molecule has 1 aromatic carbocycles. The molecule has 4 aliphatic rings. The molecule has 0 saturated heterocycles. The van der Waals surface area contributed by atoms with Crippen LogP contribution in [0.15, 0.2) is 18.2 Å². The summed E-state index contributed by atoms with van der Waals surface area (Å²) >= 11 is 0. The van der Waals surface area contributed by atoms with E-state index < -0.39 is 0 Å². The van der Waals surface area contributed by atoms with Crippen molar-refractivity contribution in [1.82, 2.24) is 0 Å². The van der Waals surface area contributed by atoms with Gasteiger partial charge in [-0.05, 0) is 90.4 Å². The molecule has 0 radical (unpaired) electrons. The predicted octanol–water partition coefficient (Wildman–Crippen LogP) is 3.61. The Balaban J connectivity index is 1.60. The Bertz CT molecular complexity index is 624. The minimum atomic E-state index is -0.0709. The summed E-state index contributed by atoms with van der Waals surface area (Å²) in [5.74, 6) is 2.61. The largest absolute Gasteiger partial charge is 0.508 e. The number of rotatable bonds is 0. The monoisotopic (exact) mass is 284 g/mol. The summed E-state index contributed by atoms with van der Waals surface area (Å²) in [5, 5.41) is 20.3. The van der Waals surface area contributed by atoms with Gasteiger partial charge in [0.25, 0.3) is 0 Å². The highest BCUT2D eigenvalue weighted by molar-refractivity contribution is 5.42. The molecule has 0 heterocycles. The van der Waals surface area contributed by atoms with E-state index in [1.807, 2.05) is 12.1 Å². The lowest BCUT2D eigenvalue weighted by Gasteiger charge is -2.52. The van der Waals surface area contributed by atoms with Gasteiger partial charge in [0, 0.05) is 0 Å². The summed E-state index contributed by atoms with van der Waals surface area (Å²) in [6.07, 6.45) is 7.07. The highest BCUT2D eigenvalue weighted by Gasteiger charge is 2.76. The molecule has 21 heavy (non-hydrogen) atoms. The standard InChI is InChI=1S/C19H24O2/c1-18-7-6-15-14-4-3-13(20)8-11(14)2-5-16(15)19(18)10-12(19)9-17(18)21/h3-4,8,12,15-17,20-21H,2,5-7,9-10H2,1H3/t12?,15-,16-,17+,18-,19+/m1/s1. The SMILES string of the molecule is C[C@]12CC[C@@H]3c4ccc(O)cc4CC[C@H]3[C@@]13CC3C[C@@H]2O. The molecule has 3 saturated carbocycles. The highest BCUT2D eigenvalue weighted by atomic mass is 16.3. The first kappa shape index (κ1) is 12.5. The van der Waals surface area contributed by atoms with Crippen LogP contribution in [-0.4, -0.2) is 16.3 Å². The molecule has 0 bridgehead atoms. The van der Waals surface area contributed by atoms with E-state index in [4.69, 9.17) is 0 Å². The Morgan fingerprint density at radius 2 is 2.10 bits per heavy atom. The van der Waals surface area contributed by atoms with Crippen molar-refractivity contribution in [1.29, 1.82) is 0 Å². The highest BCUT2D eigenvalue weighted by Crippen LogP contribution is 2.81. The number of fused-ring (bicyclic) bond motifs is 3. The van der Waals surface area contributed by atoms with E-state index in [1.54, 1.807) is 0 Å². The second-order valence-corrected chi connectivity index (χ2v) is 8.28. The topological polar surface area (TPSA) is 40.5 Å². The van der Waals surface area contributed by atoms with Crippen molar-refractivity contribution >= 4 is 0 Å². The molecule has 4 aliphatic carbocycles. The van der Waals surface area contributed by atoms with Crippen LogP contribution >= 0.6 is 0 Å². The van der Waals surface area contributed by atoms with Gasteiger partial charge >= 0.3 is 0 Å². The fourth-order valence-electron chi connectivity index (χ4n) is 6.79. The van der Waals surface area contributed by atoms with Crippen LogP contribution in [-0.2, 0) is 6.42 Å². The van der Waals surface area contributed by atoms with Crippen molar-refractivity contribution in [2.24, 2.45) is 22.7 Å². The number of hydrogen-bond acceptors (Lipinski definition) is 2. The van der Waals surface area contributed by atoms with Crippen LogP contribution in [0.4, 0.5) is 0 Å². The molecule has 2 N–H and O–H groups in total. The van der Waals surface area contributed by atoms with Crippen LogP contribution in [0.1, 0.15) is 56.1 Å². The van der Waals surface area contributed by atoms with Crippen LogP contribution in [0.5, 0.6) is 5.75 Å². The molecule has 0 aromatic heterocycles. The number of aliphatic hydroxyl groups is 1. The van der Waals surface area contributed by atoms with E-state index in [2.05, 4.69) is 13.0 Å². The lowest BCUT2D eigenvalue weighted by molar-refractivity contribution is -0.0558. The fraction of sp³-hybridized carbons (Fsp3) is 0.684. The van der Waals surface area contributed by atoms with Crippen molar-refractivity contribution < 1.29 is 10.2 Å². The average Bonchev–Trinajstić information content (AvgIpc) is 3.12. The summed E-state index contributed by atoms with van der Waals surface area (Å²) in [5.41, 5.74) is 3.47. The lowest BCUT2D eigenvalue weighted by atomic mass is 9.52. The van der Waals surface area contributed by atoms with Gasteiger partial charge in [-0.3, -0.25) is 0 Å². The second-order valence-electron chi connectivity index (χ2n) is 8.28. The van der Waals surface area contributed by atoms with Crippen molar-refractivity contribution in [3.63, 3.8) is 0 Å². The van der Waals surface area contributed by atoms with E-state index in [9.17, 15) is 10.2 Å². The number of aryl methyl sites for hydroxylation is 1. The van der Waals surface area contributed by atoms with Crippen molar-refractivity contribution in [3.8, 4) is 5.75 Å². The Morgan fingerprint density at radius 1 is 1.24 bits per heavy atom. The number of aliphatic hydroxyl groups excluding tert-OH is 1. The third kappa shape index (κ3) is 1.30. The molecule has 112 valence electrons. The molecule has 1 aromatic rings. The number of phenolic OH excluding ortho intramolecular Hbond substituents is 1. The Morgan fingerprint density at radius 3 is 2.95 bits per heavy atom. The molecule has 0 amide bonds. The number of phenols is 1. The second kappa shape index (κ2) is 3.65. The molecule has 1 spiro atoms. The van der Waals surface area contributed by atoms with Gasteiger partial charge < -0.3 is 10.2 Å². The van der Waals surface area contributed by atoms with Gasteiger partial charge in [0.2, 0.25) is 0 Å². The first-order valence-corrected chi connectivity index (χ1v) is 8.56. The zero-order valence-electron chi connectivity index (χ0n) is 12.7. The molecular weight excluding hydrogens is 260 g/mol. The summed E-state index contributed by atoms with van der Waals surface area (Å²) in [6.45, 7) is 2.37. The first-order chi connectivity index (χ1) is 10.1. The number of aromatic hydroxyl groups is 1. The minimum absolute atomic E-state index is 0.0709. The Hall–Kier alpha value is -1.02. The van der Waals surface area contributed by atoms with Crippen LogP contribution in [0.2, 0.25) is 0 Å². The maximum atomic E-state index is 10.6. The van der Waals surface area contributed by atoms with Crippen LogP contribution in [0, 0.1) is 22.7 Å². The van der Waals surface area contributed by atoms with Gasteiger partial charge in [-0.2, -0.15) is 0 Å². The summed E-state index contributed by atoms with van der Waals surface area (Å²) in [7, 11) is 0. The predicted molar refractivity (Wildman–Crippen MR) is 81.2 cm³/mol. The molecule has 1 unspecified atom stereocenters. The van der Waals surface area contributed by atoms with Gasteiger partial charge in [-0.15, -0.1) is 0 Å². The smallest absolute Gasteiger partial charge is 0.115 e. The van der Waals surface area contributed by atoms with Crippen LogP contribution < -0.4 is 0 Å². The molecule has 2 heteroatoms. The van der Waals surface area contributed by atoms with Gasteiger partial charge in [0.05, 0.1) is 6.10 Å².